The van der Waals surface area contributed by atoms with E-state index < -0.39 is 0 Å². The van der Waals surface area contributed by atoms with Crippen LogP contribution in [0.3, 0.4) is 0 Å². The number of anilines is 1. The van der Waals surface area contributed by atoms with Gasteiger partial charge in [-0.3, -0.25) is 4.79 Å². The van der Waals surface area contributed by atoms with Crippen molar-refractivity contribution < 1.29 is 14.3 Å². The van der Waals surface area contributed by atoms with Crippen LogP contribution in [0.2, 0.25) is 0 Å². The van der Waals surface area contributed by atoms with E-state index in [4.69, 9.17) is 9.47 Å². The first-order valence-corrected chi connectivity index (χ1v) is 12.1. The van der Waals surface area contributed by atoms with Crippen LogP contribution >= 0.6 is 0 Å². The highest BCUT2D eigenvalue weighted by molar-refractivity contribution is 5.96. The largest absolute Gasteiger partial charge is 0.496 e. The lowest BCUT2D eigenvalue weighted by Crippen LogP contribution is -2.45. The standard InChI is InChI=1S/C26H34N6O3/c1-16-13-28-26(35-5)23(24(16)34-4)20-11-17-12-22(27-14-21(17)31(20)3)29-25(33)19-10-18(19)15-32-8-6-30(2)7-9-32/h11-14,18-19H,6-10,15H2,1-5H3,(H,27,29,33). The minimum absolute atomic E-state index is 0.0679. The van der Waals surface area contributed by atoms with Gasteiger partial charge in [0, 0.05) is 62.8 Å². The lowest BCUT2D eigenvalue weighted by molar-refractivity contribution is -0.117. The van der Waals surface area contributed by atoms with Crippen molar-refractivity contribution in [3.05, 3.63) is 30.1 Å². The number of likely N-dealkylation sites (N-methyl/N-ethyl adjacent to an activating group) is 1. The summed E-state index contributed by atoms with van der Waals surface area (Å²) in [6.45, 7) is 7.34. The molecule has 3 aromatic heterocycles. The minimum atomic E-state index is 0.0679. The topological polar surface area (TPSA) is 84.8 Å². The molecule has 1 N–H and O–H groups in total. The van der Waals surface area contributed by atoms with E-state index in [0.717, 1.165) is 72.6 Å². The monoisotopic (exact) mass is 478 g/mol. The summed E-state index contributed by atoms with van der Waals surface area (Å²) in [6, 6.07) is 3.98. The van der Waals surface area contributed by atoms with Crippen LogP contribution in [-0.2, 0) is 11.8 Å². The number of fused-ring (bicyclic) bond motifs is 1. The molecule has 0 aromatic carbocycles. The fraction of sp³-hybridized carbons (Fsp3) is 0.500. The number of nitrogens with zero attached hydrogens (tertiary/aromatic N) is 5. The Morgan fingerprint density at radius 2 is 1.86 bits per heavy atom. The average molecular weight is 479 g/mol. The third kappa shape index (κ3) is 4.58. The molecule has 2 atom stereocenters. The van der Waals surface area contributed by atoms with Gasteiger partial charge in [-0.2, -0.15) is 0 Å². The first-order valence-electron chi connectivity index (χ1n) is 12.1. The van der Waals surface area contributed by atoms with Crippen molar-refractivity contribution in [3.63, 3.8) is 0 Å². The summed E-state index contributed by atoms with van der Waals surface area (Å²) >= 11 is 0. The summed E-state index contributed by atoms with van der Waals surface area (Å²) in [6.07, 6.45) is 4.50. The van der Waals surface area contributed by atoms with Crippen molar-refractivity contribution >= 4 is 22.6 Å². The Morgan fingerprint density at radius 1 is 1.09 bits per heavy atom. The lowest BCUT2D eigenvalue weighted by Gasteiger charge is -2.32. The second-order valence-corrected chi connectivity index (χ2v) is 9.77. The number of carbonyl (C=O) groups excluding carboxylic acids is 1. The summed E-state index contributed by atoms with van der Waals surface area (Å²) in [5.74, 6) is 2.39. The molecule has 9 nitrogen and oxygen atoms in total. The number of rotatable bonds is 7. The van der Waals surface area contributed by atoms with Crippen molar-refractivity contribution in [3.8, 4) is 22.9 Å². The van der Waals surface area contributed by atoms with E-state index in [9.17, 15) is 4.79 Å². The Kier molecular flexibility index (Phi) is 6.37. The third-order valence-electron chi connectivity index (χ3n) is 7.36. The predicted octanol–water partition coefficient (Wildman–Crippen LogP) is 2.78. The quantitative estimate of drug-likeness (QED) is 0.559. The van der Waals surface area contributed by atoms with Gasteiger partial charge in [-0.05, 0) is 38.4 Å². The highest BCUT2D eigenvalue weighted by atomic mass is 16.5. The summed E-state index contributed by atoms with van der Waals surface area (Å²) in [7, 11) is 7.40. The molecule has 3 aromatic rings. The molecule has 1 saturated heterocycles. The smallest absolute Gasteiger partial charge is 0.228 e. The van der Waals surface area contributed by atoms with Gasteiger partial charge < -0.3 is 29.2 Å². The zero-order valence-corrected chi connectivity index (χ0v) is 21.2. The van der Waals surface area contributed by atoms with Crippen LogP contribution in [-0.4, -0.2) is 84.2 Å². The zero-order valence-electron chi connectivity index (χ0n) is 21.2. The average Bonchev–Trinajstić information content (AvgIpc) is 3.55. The van der Waals surface area contributed by atoms with Gasteiger partial charge in [0.1, 0.15) is 17.1 Å². The molecule has 5 rings (SSSR count). The molecule has 35 heavy (non-hydrogen) atoms. The Morgan fingerprint density at radius 3 is 2.57 bits per heavy atom. The van der Waals surface area contributed by atoms with Crippen LogP contribution in [0.4, 0.5) is 5.82 Å². The molecule has 2 aliphatic rings. The number of aromatic nitrogens is 3. The second-order valence-electron chi connectivity index (χ2n) is 9.77. The molecule has 0 spiro atoms. The molecule has 1 amide bonds. The van der Waals surface area contributed by atoms with Crippen molar-refractivity contribution in [1.82, 2.24) is 24.3 Å². The zero-order chi connectivity index (χ0) is 24.7. The van der Waals surface area contributed by atoms with Crippen molar-refractivity contribution in [2.24, 2.45) is 18.9 Å². The molecule has 2 unspecified atom stereocenters. The molecule has 0 radical (unpaired) electrons. The Balaban J connectivity index is 1.33. The van der Waals surface area contributed by atoms with Crippen LogP contribution in [0.25, 0.3) is 22.2 Å². The van der Waals surface area contributed by atoms with E-state index in [1.165, 1.54) is 0 Å². The number of carbonyl (C=O) groups is 1. The van der Waals surface area contributed by atoms with E-state index >= 15 is 0 Å². The van der Waals surface area contributed by atoms with E-state index in [2.05, 4.69) is 38.2 Å². The van der Waals surface area contributed by atoms with Gasteiger partial charge in [-0.15, -0.1) is 0 Å². The van der Waals surface area contributed by atoms with E-state index in [-0.39, 0.29) is 11.8 Å². The van der Waals surface area contributed by atoms with Crippen molar-refractivity contribution in [1.29, 1.82) is 0 Å². The summed E-state index contributed by atoms with van der Waals surface area (Å²) < 4.78 is 13.3. The molecule has 186 valence electrons. The van der Waals surface area contributed by atoms with Gasteiger partial charge >= 0.3 is 0 Å². The molecule has 0 bridgehead atoms. The number of hydrogen-bond acceptors (Lipinski definition) is 7. The molecule has 9 heteroatoms. The first-order chi connectivity index (χ1) is 16.9. The van der Waals surface area contributed by atoms with Crippen molar-refractivity contribution in [2.45, 2.75) is 13.3 Å². The number of methoxy groups -OCH3 is 2. The van der Waals surface area contributed by atoms with Gasteiger partial charge in [0.15, 0.2) is 0 Å². The van der Waals surface area contributed by atoms with Gasteiger partial charge in [0.2, 0.25) is 11.8 Å². The number of amides is 1. The van der Waals surface area contributed by atoms with E-state index in [1.807, 2.05) is 24.6 Å². The number of ether oxygens (including phenoxy) is 2. The molecule has 2 fully saturated rings. The highest BCUT2D eigenvalue weighted by Crippen LogP contribution is 2.42. The normalized spacial score (nSPS) is 20.7. The number of hydrogen-bond donors (Lipinski definition) is 1. The Hall–Kier alpha value is -3.17. The van der Waals surface area contributed by atoms with E-state index in [0.29, 0.717) is 17.6 Å². The SMILES string of the molecule is COc1ncc(C)c(OC)c1-c1cc2cc(NC(=O)C3CC3CN3CCN(C)CC3)ncc2n1C. The van der Waals surface area contributed by atoms with Gasteiger partial charge in [0.05, 0.1) is 31.6 Å². The number of pyridine rings is 2. The highest BCUT2D eigenvalue weighted by Gasteiger charge is 2.44. The third-order valence-corrected chi connectivity index (χ3v) is 7.36. The second kappa shape index (κ2) is 9.47. The fourth-order valence-electron chi connectivity index (χ4n) is 5.11. The van der Waals surface area contributed by atoms with Crippen LogP contribution in [0.5, 0.6) is 11.6 Å². The van der Waals surface area contributed by atoms with Crippen LogP contribution in [0.15, 0.2) is 24.5 Å². The predicted molar refractivity (Wildman–Crippen MR) is 136 cm³/mol. The van der Waals surface area contributed by atoms with Crippen LogP contribution in [0, 0.1) is 18.8 Å². The fourth-order valence-corrected chi connectivity index (χ4v) is 5.11. The molecule has 1 saturated carbocycles. The van der Waals surface area contributed by atoms with Gasteiger partial charge in [-0.25, -0.2) is 9.97 Å². The Labute approximate surface area is 206 Å². The van der Waals surface area contributed by atoms with Gasteiger partial charge in [0.25, 0.3) is 0 Å². The number of nitrogens with one attached hydrogen (secondary N) is 1. The van der Waals surface area contributed by atoms with Crippen LogP contribution < -0.4 is 14.8 Å². The first kappa shape index (κ1) is 23.6. The summed E-state index contributed by atoms with van der Waals surface area (Å²) in [5, 5.41) is 4.02. The van der Waals surface area contributed by atoms with Crippen LogP contribution in [0.1, 0.15) is 12.0 Å². The van der Waals surface area contributed by atoms with Gasteiger partial charge in [-0.1, -0.05) is 0 Å². The van der Waals surface area contributed by atoms with E-state index in [1.54, 1.807) is 26.6 Å². The molecule has 1 aliphatic carbocycles. The Bertz CT molecular complexity index is 1250. The molecule has 1 aliphatic heterocycles. The minimum Gasteiger partial charge on any atom is -0.496 e. The summed E-state index contributed by atoms with van der Waals surface area (Å²) in [4.78, 5) is 26.7. The lowest BCUT2D eigenvalue weighted by atomic mass is 10.1. The maximum Gasteiger partial charge on any atom is 0.228 e. The van der Waals surface area contributed by atoms with Crippen molar-refractivity contribution in [2.75, 3.05) is 59.3 Å². The molecular weight excluding hydrogens is 444 g/mol. The number of aryl methyl sites for hydroxylation is 2. The molecular formula is C26H34N6O3. The maximum atomic E-state index is 12.9. The number of piperazine rings is 1. The summed E-state index contributed by atoms with van der Waals surface area (Å²) in [5.41, 5.74) is 3.58. The maximum absolute atomic E-state index is 12.9. The molecule has 4 heterocycles.